The maximum atomic E-state index is 11.7. The molecule has 0 saturated carbocycles. The molecular weight excluding hydrogens is 414 g/mol. The summed E-state index contributed by atoms with van der Waals surface area (Å²) >= 11 is 0. The van der Waals surface area contributed by atoms with Crippen LogP contribution in [0.2, 0.25) is 0 Å². The van der Waals surface area contributed by atoms with Gasteiger partial charge in [0.15, 0.2) is 0 Å². The van der Waals surface area contributed by atoms with E-state index in [1.807, 2.05) is 38.5 Å². The number of nitrogens with one attached hydrogen (secondary N) is 1. The number of nitro groups is 1. The maximum Gasteiger partial charge on any atom is 0.305 e. The summed E-state index contributed by atoms with van der Waals surface area (Å²) in [6.07, 6.45) is 4.76. The van der Waals surface area contributed by atoms with E-state index in [-0.39, 0.29) is 17.8 Å². The van der Waals surface area contributed by atoms with Gasteiger partial charge in [0.05, 0.1) is 23.1 Å². The van der Waals surface area contributed by atoms with Crippen LogP contribution in [0.15, 0.2) is 42.9 Å². The summed E-state index contributed by atoms with van der Waals surface area (Å²) in [6.45, 7) is 1.65. The number of carboxylic acids is 1. The molecule has 0 amide bonds. The van der Waals surface area contributed by atoms with Crippen LogP contribution in [0.1, 0.15) is 13.3 Å². The molecule has 11 heteroatoms. The van der Waals surface area contributed by atoms with Crippen molar-refractivity contribution in [3.63, 3.8) is 0 Å². The highest BCUT2D eigenvalue weighted by molar-refractivity contribution is 5.97. The Labute approximate surface area is 182 Å². The van der Waals surface area contributed by atoms with Gasteiger partial charge in [0.2, 0.25) is 0 Å². The predicted octanol–water partition coefficient (Wildman–Crippen LogP) is 3.22. The molecule has 3 heterocycles. The van der Waals surface area contributed by atoms with Crippen LogP contribution in [-0.2, 0) is 18.9 Å². The van der Waals surface area contributed by atoms with Crippen molar-refractivity contribution in [2.24, 2.45) is 14.1 Å². The first-order valence-electron chi connectivity index (χ1n) is 9.82. The van der Waals surface area contributed by atoms with Crippen molar-refractivity contribution in [1.82, 2.24) is 24.5 Å². The van der Waals surface area contributed by atoms with Crippen molar-refractivity contribution >= 4 is 28.2 Å². The number of aliphatic carboxylic acids is 1. The molecule has 0 aliphatic rings. The van der Waals surface area contributed by atoms with Crippen LogP contribution in [0, 0.1) is 10.1 Å². The molecule has 1 atom stereocenters. The van der Waals surface area contributed by atoms with E-state index in [1.54, 1.807) is 22.5 Å². The van der Waals surface area contributed by atoms with Crippen LogP contribution in [0.5, 0.6) is 0 Å². The number of hydrogen-bond donors (Lipinski definition) is 2. The first-order chi connectivity index (χ1) is 15.2. The minimum atomic E-state index is -1.00. The third kappa shape index (κ3) is 3.87. The van der Waals surface area contributed by atoms with Crippen LogP contribution < -0.4 is 5.32 Å². The Balaban J connectivity index is 1.87. The highest BCUT2D eigenvalue weighted by atomic mass is 16.6. The van der Waals surface area contributed by atoms with Crippen molar-refractivity contribution in [3.05, 3.63) is 53.0 Å². The van der Waals surface area contributed by atoms with Crippen molar-refractivity contribution in [2.75, 3.05) is 5.32 Å². The smallest absolute Gasteiger partial charge is 0.305 e. The Bertz CT molecular complexity index is 1340. The monoisotopic (exact) mass is 435 g/mol. The lowest BCUT2D eigenvalue weighted by molar-refractivity contribution is -0.384. The fraction of sp³-hybridized carbons (Fsp3) is 0.238. The molecule has 0 spiro atoms. The number of nitrogens with zero attached hydrogens (tertiary/aromatic N) is 6. The molecule has 0 saturated heterocycles. The third-order valence-corrected chi connectivity index (χ3v) is 5.10. The van der Waals surface area contributed by atoms with Crippen molar-refractivity contribution in [3.8, 4) is 22.5 Å². The van der Waals surface area contributed by atoms with Gasteiger partial charge in [0.25, 0.3) is 5.69 Å². The number of carbonyl (C=O) groups is 1. The second-order valence-electron chi connectivity index (χ2n) is 7.56. The van der Waals surface area contributed by atoms with E-state index in [9.17, 15) is 14.9 Å². The highest BCUT2D eigenvalue weighted by Gasteiger charge is 2.23. The van der Waals surface area contributed by atoms with E-state index < -0.39 is 16.9 Å². The molecule has 3 aromatic heterocycles. The number of rotatable bonds is 7. The average molecular weight is 435 g/mol. The molecule has 4 aromatic rings. The van der Waals surface area contributed by atoms with Gasteiger partial charge in [-0.05, 0) is 19.1 Å². The summed E-state index contributed by atoms with van der Waals surface area (Å²) in [7, 11) is 3.66. The van der Waals surface area contributed by atoms with Gasteiger partial charge in [-0.2, -0.15) is 10.2 Å². The van der Waals surface area contributed by atoms with Crippen molar-refractivity contribution in [2.45, 2.75) is 19.4 Å². The molecule has 0 bridgehead atoms. The zero-order valence-corrected chi connectivity index (χ0v) is 17.7. The van der Waals surface area contributed by atoms with Gasteiger partial charge in [-0.3, -0.25) is 29.3 Å². The maximum absolute atomic E-state index is 11.7. The Hall–Kier alpha value is -4.28. The molecule has 0 fully saturated rings. The van der Waals surface area contributed by atoms with E-state index >= 15 is 0 Å². The highest BCUT2D eigenvalue weighted by Crippen LogP contribution is 2.37. The van der Waals surface area contributed by atoms with Gasteiger partial charge in [0, 0.05) is 55.1 Å². The minimum Gasteiger partial charge on any atom is -0.481 e. The fourth-order valence-corrected chi connectivity index (χ4v) is 3.69. The van der Waals surface area contributed by atoms with Crippen molar-refractivity contribution in [1.29, 1.82) is 0 Å². The van der Waals surface area contributed by atoms with Crippen LogP contribution >= 0.6 is 0 Å². The normalized spacial score (nSPS) is 12.1. The summed E-state index contributed by atoms with van der Waals surface area (Å²) in [5.74, 6) is -1.00. The quantitative estimate of drug-likeness (QED) is 0.333. The number of benzene rings is 1. The van der Waals surface area contributed by atoms with Crippen LogP contribution in [-0.4, -0.2) is 46.6 Å². The van der Waals surface area contributed by atoms with E-state index in [0.29, 0.717) is 11.3 Å². The first-order valence-corrected chi connectivity index (χ1v) is 9.82. The fourth-order valence-electron chi connectivity index (χ4n) is 3.69. The summed E-state index contributed by atoms with van der Waals surface area (Å²) in [4.78, 5) is 26.6. The van der Waals surface area contributed by atoms with E-state index in [4.69, 9.17) is 5.11 Å². The molecule has 164 valence electrons. The number of anilines is 1. The second kappa shape index (κ2) is 8.10. The molecule has 2 N–H and O–H groups in total. The molecule has 0 radical (unpaired) electrons. The predicted molar refractivity (Wildman–Crippen MR) is 118 cm³/mol. The number of hydrogen-bond acceptors (Lipinski definition) is 7. The van der Waals surface area contributed by atoms with Crippen molar-refractivity contribution < 1.29 is 14.8 Å². The molecule has 0 unspecified atom stereocenters. The number of carboxylic acid groups (broad SMARTS) is 1. The lowest BCUT2D eigenvalue weighted by Crippen LogP contribution is -2.20. The number of aryl methyl sites for hydroxylation is 2. The first kappa shape index (κ1) is 21.0. The molecule has 4 rings (SSSR count). The third-order valence-electron chi connectivity index (χ3n) is 5.10. The lowest BCUT2D eigenvalue weighted by Gasteiger charge is -2.16. The summed E-state index contributed by atoms with van der Waals surface area (Å²) in [5.41, 5.74) is 3.46. The minimum absolute atomic E-state index is 0.175. The summed E-state index contributed by atoms with van der Waals surface area (Å²) < 4.78 is 3.45. The number of fused-ring (bicyclic) bond motifs is 1. The zero-order chi connectivity index (χ0) is 23.0. The summed E-state index contributed by atoms with van der Waals surface area (Å²) in [5, 5.41) is 33.4. The van der Waals surface area contributed by atoms with Gasteiger partial charge in [-0.25, -0.2) is 0 Å². The van der Waals surface area contributed by atoms with Gasteiger partial charge >= 0.3 is 5.97 Å². The Kier molecular flexibility index (Phi) is 5.31. The lowest BCUT2D eigenvalue weighted by atomic mass is 10.0. The van der Waals surface area contributed by atoms with E-state index in [0.717, 1.165) is 22.2 Å². The second-order valence-corrected chi connectivity index (χ2v) is 7.56. The zero-order valence-electron chi connectivity index (χ0n) is 17.7. The molecule has 11 nitrogen and oxygen atoms in total. The number of aromatic nitrogens is 5. The van der Waals surface area contributed by atoms with Crippen LogP contribution in [0.3, 0.4) is 0 Å². The van der Waals surface area contributed by atoms with E-state index in [1.165, 1.54) is 12.3 Å². The molecule has 0 aliphatic carbocycles. The Morgan fingerprint density at radius 1 is 1.25 bits per heavy atom. The van der Waals surface area contributed by atoms with E-state index in [2.05, 4.69) is 20.5 Å². The standard InChI is InChI=1S/C21H21N7O4/c1-12(8-18(29)30)24-21-17(28(31)32)6-7-22-20(21)13-4-5-16-15(9-13)19(25-27(16)3)14-10-23-26(2)11-14/h4-7,9-12,24H,8H2,1-3H3,(H,29,30)/t12-/m1/s1. The largest absolute Gasteiger partial charge is 0.481 e. The van der Waals surface area contributed by atoms with Crippen LogP contribution in [0.25, 0.3) is 33.4 Å². The average Bonchev–Trinajstić information content (AvgIpc) is 3.30. The molecular formula is C21H21N7O4. The summed E-state index contributed by atoms with van der Waals surface area (Å²) in [6, 6.07) is 6.33. The van der Waals surface area contributed by atoms with Crippen LogP contribution in [0.4, 0.5) is 11.4 Å². The van der Waals surface area contributed by atoms with Gasteiger partial charge in [-0.15, -0.1) is 0 Å². The molecule has 32 heavy (non-hydrogen) atoms. The Morgan fingerprint density at radius 3 is 2.69 bits per heavy atom. The SMILES string of the molecule is C[C@H](CC(=O)O)Nc1c([N+](=O)[O-])ccnc1-c1ccc2c(c1)c(-c1cnn(C)c1)nn2C. The van der Waals surface area contributed by atoms with Gasteiger partial charge in [-0.1, -0.05) is 6.07 Å². The topological polar surface area (TPSA) is 141 Å². The van der Waals surface area contributed by atoms with Gasteiger partial charge in [0.1, 0.15) is 17.1 Å². The van der Waals surface area contributed by atoms with Gasteiger partial charge < -0.3 is 10.4 Å². The Morgan fingerprint density at radius 2 is 2.03 bits per heavy atom. The number of pyridine rings is 1. The molecule has 0 aliphatic heterocycles. The molecule has 1 aromatic carbocycles.